The molecule has 3 aromatic rings. The van der Waals surface area contributed by atoms with Crippen LogP contribution in [0.15, 0.2) is 84.9 Å². The third-order valence-corrected chi connectivity index (χ3v) is 10.4. The molecule has 0 bridgehead atoms. The Bertz CT molecular complexity index is 830. The Morgan fingerprint density at radius 2 is 1.25 bits per heavy atom. The molecule has 3 heteroatoms. The second-order valence-corrected chi connectivity index (χ2v) is 12.7. The van der Waals surface area contributed by atoms with E-state index in [1.807, 2.05) is 12.1 Å². The fourth-order valence-electron chi connectivity index (χ4n) is 3.99. The van der Waals surface area contributed by atoms with Crippen LogP contribution in [0.1, 0.15) is 33.3 Å². The van der Waals surface area contributed by atoms with Gasteiger partial charge in [-0.15, -0.1) is 0 Å². The van der Waals surface area contributed by atoms with Crippen LogP contribution >= 0.6 is 0 Å². The summed E-state index contributed by atoms with van der Waals surface area (Å²) in [7, 11) is -2.55. The molecule has 0 saturated heterocycles. The molecule has 0 aromatic heterocycles. The van der Waals surface area contributed by atoms with Crippen LogP contribution in [-0.4, -0.2) is 14.4 Å². The van der Waals surface area contributed by atoms with Gasteiger partial charge in [0.15, 0.2) is 0 Å². The monoisotopic (exact) mass is 392 g/mol. The fraction of sp³-hybridized carbons (Fsp3) is 0.280. The Balaban J connectivity index is 2.04. The Hall–Kier alpha value is -2.23. The van der Waals surface area contributed by atoms with Crippen molar-refractivity contribution in [3.05, 3.63) is 96.3 Å². The summed E-state index contributed by atoms with van der Waals surface area (Å²) in [6, 6.07) is 28.0. The zero-order chi connectivity index (χ0) is 20.2. The number of halogens is 1. The highest BCUT2D eigenvalue weighted by atomic mass is 28.4. The van der Waals surface area contributed by atoms with Crippen LogP contribution in [-0.2, 0) is 10.8 Å². The molecule has 28 heavy (non-hydrogen) atoms. The number of hydrogen-bond donors (Lipinski definition) is 0. The summed E-state index contributed by atoms with van der Waals surface area (Å²) in [6.45, 7) is 8.97. The summed E-state index contributed by atoms with van der Waals surface area (Å²) < 4.78 is 20.3. The molecule has 0 amide bonds. The minimum atomic E-state index is -2.55. The van der Waals surface area contributed by atoms with Crippen LogP contribution in [0.2, 0.25) is 5.04 Å². The summed E-state index contributed by atoms with van der Waals surface area (Å²) in [5.74, 6) is -0.204. The quantitative estimate of drug-likeness (QED) is 0.515. The molecule has 0 saturated carbocycles. The van der Waals surface area contributed by atoms with Gasteiger partial charge in [0, 0.05) is 6.10 Å². The van der Waals surface area contributed by atoms with Gasteiger partial charge in [0.1, 0.15) is 5.82 Å². The van der Waals surface area contributed by atoms with E-state index in [1.165, 1.54) is 22.5 Å². The van der Waals surface area contributed by atoms with E-state index in [0.717, 1.165) is 12.0 Å². The van der Waals surface area contributed by atoms with E-state index < -0.39 is 8.32 Å². The summed E-state index contributed by atoms with van der Waals surface area (Å²) in [5.41, 5.74) is 1.09. The molecule has 0 aliphatic rings. The SMILES string of the molecule is C[C@H](Cc1ccc(F)cc1)O[Si](c1ccccc1)(c1ccccc1)C(C)(C)C. The molecule has 0 fully saturated rings. The molecule has 0 aliphatic heterocycles. The Morgan fingerprint density at radius 1 is 0.786 bits per heavy atom. The van der Waals surface area contributed by atoms with Crippen molar-refractivity contribution in [2.75, 3.05) is 0 Å². The van der Waals surface area contributed by atoms with Gasteiger partial charge in [-0.1, -0.05) is 93.6 Å². The summed E-state index contributed by atoms with van der Waals surface area (Å²) >= 11 is 0. The first-order valence-electron chi connectivity index (χ1n) is 9.86. The largest absolute Gasteiger partial charge is 0.404 e. The van der Waals surface area contributed by atoms with Crippen LogP contribution in [0, 0.1) is 5.82 Å². The Kier molecular flexibility index (Phi) is 6.16. The van der Waals surface area contributed by atoms with E-state index in [0.29, 0.717) is 0 Å². The van der Waals surface area contributed by atoms with Crippen LogP contribution in [0.25, 0.3) is 0 Å². The van der Waals surface area contributed by atoms with Gasteiger partial charge < -0.3 is 4.43 Å². The van der Waals surface area contributed by atoms with Gasteiger partial charge >= 0.3 is 0 Å². The smallest absolute Gasteiger partial charge is 0.261 e. The molecule has 3 rings (SSSR count). The van der Waals surface area contributed by atoms with Crippen molar-refractivity contribution < 1.29 is 8.82 Å². The fourth-order valence-corrected chi connectivity index (χ4v) is 8.69. The van der Waals surface area contributed by atoms with Gasteiger partial charge in [0.2, 0.25) is 0 Å². The van der Waals surface area contributed by atoms with E-state index in [1.54, 1.807) is 0 Å². The number of benzene rings is 3. The minimum Gasteiger partial charge on any atom is -0.404 e. The highest BCUT2D eigenvalue weighted by Crippen LogP contribution is 2.37. The third-order valence-electron chi connectivity index (χ3n) is 5.23. The normalized spacial score (nSPS) is 13.3. The first kappa shape index (κ1) is 20.5. The second kappa shape index (κ2) is 8.42. The molecule has 0 heterocycles. The van der Waals surface area contributed by atoms with Crippen molar-refractivity contribution in [2.24, 2.45) is 0 Å². The topological polar surface area (TPSA) is 9.23 Å². The average Bonchev–Trinajstić information content (AvgIpc) is 2.68. The first-order valence-corrected chi connectivity index (χ1v) is 11.8. The van der Waals surface area contributed by atoms with E-state index in [9.17, 15) is 4.39 Å². The van der Waals surface area contributed by atoms with Crippen molar-refractivity contribution >= 4 is 18.7 Å². The molecule has 146 valence electrons. The van der Waals surface area contributed by atoms with Crippen molar-refractivity contribution in [3.8, 4) is 0 Å². The molecule has 1 nitrogen and oxygen atoms in total. The van der Waals surface area contributed by atoms with Crippen molar-refractivity contribution in [2.45, 2.75) is 45.3 Å². The summed E-state index contributed by atoms with van der Waals surface area (Å²) in [5, 5.41) is 2.51. The molecule has 0 radical (unpaired) electrons. The first-order chi connectivity index (χ1) is 13.3. The summed E-state index contributed by atoms with van der Waals surface area (Å²) in [6.07, 6.45) is 0.766. The maximum atomic E-state index is 13.3. The number of rotatable bonds is 6. The van der Waals surface area contributed by atoms with E-state index >= 15 is 0 Å². The molecular formula is C25H29FOSi. The lowest BCUT2D eigenvalue weighted by atomic mass is 10.1. The lowest BCUT2D eigenvalue weighted by Gasteiger charge is -2.44. The molecule has 0 N–H and O–H groups in total. The van der Waals surface area contributed by atoms with Gasteiger partial charge in [0.05, 0.1) is 0 Å². The van der Waals surface area contributed by atoms with Crippen molar-refractivity contribution in [3.63, 3.8) is 0 Å². The average molecular weight is 393 g/mol. The maximum Gasteiger partial charge on any atom is 0.261 e. The van der Waals surface area contributed by atoms with Crippen molar-refractivity contribution in [1.29, 1.82) is 0 Å². The van der Waals surface area contributed by atoms with E-state index in [2.05, 4.69) is 88.4 Å². The van der Waals surface area contributed by atoms with Crippen LogP contribution in [0.5, 0.6) is 0 Å². The highest BCUT2D eigenvalue weighted by Gasteiger charge is 2.50. The Morgan fingerprint density at radius 3 is 1.68 bits per heavy atom. The van der Waals surface area contributed by atoms with Crippen LogP contribution in [0.3, 0.4) is 0 Å². The van der Waals surface area contributed by atoms with Crippen LogP contribution in [0.4, 0.5) is 4.39 Å². The zero-order valence-corrected chi connectivity index (χ0v) is 18.2. The maximum absolute atomic E-state index is 13.3. The molecule has 3 aromatic carbocycles. The molecule has 0 aliphatic carbocycles. The van der Waals surface area contributed by atoms with Crippen molar-refractivity contribution in [1.82, 2.24) is 0 Å². The molecular weight excluding hydrogens is 363 g/mol. The van der Waals surface area contributed by atoms with Gasteiger partial charge in [-0.25, -0.2) is 4.39 Å². The third kappa shape index (κ3) is 4.26. The predicted molar refractivity (Wildman–Crippen MR) is 118 cm³/mol. The lowest BCUT2D eigenvalue weighted by Crippen LogP contribution is -2.67. The van der Waals surface area contributed by atoms with Gasteiger partial charge in [0.25, 0.3) is 8.32 Å². The van der Waals surface area contributed by atoms with Crippen LogP contribution < -0.4 is 10.4 Å². The zero-order valence-electron chi connectivity index (χ0n) is 17.2. The van der Waals surface area contributed by atoms with Gasteiger partial charge in [-0.2, -0.15) is 0 Å². The Labute approximate surface area is 169 Å². The summed E-state index contributed by atoms with van der Waals surface area (Å²) in [4.78, 5) is 0. The number of hydrogen-bond acceptors (Lipinski definition) is 1. The van der Waals surface area contributed by atoms with E-state index in [-0.39, 0.29) is 17.0 Å². The second-order valence-electron chi connectivity index (χ2n) is 8.42. The highest BCUT2D eigenvalue weighted by molar-refractivity contribution is 6.99. The molecule has 0 unspecified atom stereocenters. The predicted octanol–water partition coefficient (Wildman–Crippen LogP) is 5.33. The minimum absolute atomic E-state index is 0.0109. The van der Waals surface area contributed by atoms with Gasteiger partial charge in [-0.05, 0) is 46.5 Å². The standard InChI is InChI=1S/C25H29FOSi/c1-20(19-21-15-17-22(26)18-16-21)27-28(25(2,3)4,23-11-7-5-8-12-23)24-13-9-6-10-14-24/h5-18,20H,19H2,1-4H3/t20-/m1/s1. The lowest BCUT2D eigenvalue weighted by molar-refractivity contribution is 0.207. The molecule has 0 spiro atoms. The van der Waals surface area contributed by atoms with Gasteiger partial charge in [-0.3, -0.25) is 0 Å². The molecule has 1 atom stereocenters. The van der Waals surface area contributed by atoms with E-state index in [4.69, 9.17) is 4.43 Å².